The fourth-order valence-corrected chi connectivity index (χ4v) is 4.18. The molecule has 3 aromatic rings. The number of aliphatic hydroxyl groups is 1. The van der Waals surface area contributed by atoms with Crippen LogP contribution in [-0.2, 0) is 9.53 Å². The highest BCUT2D eigenvalue weighted by atomic mass is 16.5. The van der Waals surface area contributed by atoms with Gasteiger partial charge in [-0.25, -0.2) is 9.59 Å². The van der Waals surface area contributed by atoms with Gasteiger partial charge in [0.05, 0.1) is 31.5 Å². The van der Waals surface area contributed by atoms with Crippen molar-refractivity contribution in [1.29, 1.82) is 0 Å². The molecule has 1 aliphatic heterocycles. The molecule has 10 nitrogen and oxygen atoms in total. The Labute approximate surface area is 220 Å². The Bertz CT molecular complexity index is 1380. The molecule has 4 rings (SSSR count). The Morgan fingerprint density at radius 2 is 1.92 bits per heavy atom. The van der Waals surface area contributed by atoms with E-state index in [-0.39, 0.29) is 12.2 Å². The van der Waals surface area contributed by atoms with Crippen LogP contribution in [0.1, 0.15) is 31.0 Å². The summed E-state index contributed by atoms with van der Waals surface area (Å²) in [7, 11) is 1.28. The topological polar surface area (TPSA) is 131 Å². The van der Waals surface area contributed by atoms with Gasteiger partial charge in [0.2, 0.25) is 0 Å². The predicted octanol–water partition coefficient (Wildman–Crippen LogP) is 3.36. The number of allylic oxidation sites excluding steroid dienone is 1. The molecule has 0 unspecified atom stereocenters. The maximum Gasteiger partial charge on any atom is 0.337 e. The first-order chi connectivity index (χ1) is 18.4. The number of hydrogen-bond donors (Lipinski definition) is 4. The van der Waals surface area contributed by atoms with Gasteiger partial charge in [-0.15, -0.1) is 0 Å². The van der Waals surface area contributed by atoms with E-state index in [2.05, 4.69) is 21.2 Å². The van der Waals surface area contributed by atoms with Crippen LogP contribution in [-0.4, -0.2) is 49.9 Å². The van der Waals surface area contributed by atoms with Crippen molar-refractivity contribution in [1.82, 2.24) is 16.1 Å². The van der Waals surface area contributed by atoms with Crippen LogP contribution in [0.2, 0.25) is 0 Å². The summed E-state index contributed by atoms with van der Waals surface area (Å²) in [5.74, 6) is 0.220. The van der Waals surface area contributed by atoms with Gasteiger partial charge in [-0.2, -0.15) is 5.10 Å². The number of rotatable bonds is 10. The van der Waals surface area contributed by atoms with E-state index in [9.17, 15) is 14.7 Å². The van der Waals surface area contributed by atoms with E-state index in [0.29, 0.717) is 29.4 Å². The van der Waals surface area contributed by atoms with E-state index < -0.39 is 24.3 Å². The lowest BCUT2D eigenvalue weighted by atomic mass is 9.95. The smallest absolute Gasteiger partial charge is 0.337 e. The van der Waals surface area contributed by atoms with Gasteiger partial charge >= 0.3 is 12.0 Å². The third-order valence-electron chi connectivity index (χ3n) is 5.92. The third kappa shape index (κ3) is 6.04. The van der Waals surface area contributed by atoms with Crippen LogP contribution < -0.4 is 25.5 Å². The zero-order chi connectivity index (χ0) is 27.1. The molecule has 2 atom stereocenters. The molecule has 0 saturated heterocycles. The van der Waals surface area contributed by atoms with Gasteiger partial charge in [-0.3, -0.25) is 5.43 Å². The van der Waals surface area contributed by atoms with Gasteiger partial charge in [0.15, 0.2) is 17.7 Å². The Kier molecular flexibility index (Phi) is 8.44. The Morgan fingerprint density at radius 1 is 1.13 bits per heavy atom. The number of hydrogen-bond acceptors (Lipinski definition) is 8. The predicted molar refractivity (Wildman–Crippen MR) is 143 cm³/mol. The zero-order valence-corrected chi connectivity index (χ0v) is 21.4. The molecule has 1 heterocycles. The van der Waals surface area contributed by atoms with Crippen LogP contribution in [0, 0.1) is 0 Å². The van der Waals surface area contributed by atoms with E-state index in [1.54, 1.807) is 31.3 Å². The number of fused-ring (bicyclic) bond motifs is 1. The third-order valence-corrected chi connectivity index (χ3v) is 5.92. The van der Waals surface area contributed by atoms with Gasteiger partial charge in [-0.1, -0.05) is 48.5 Å². The second-order valence-electron chi connectivity index (χ2n) is 8.48. The zero-order valence-electron chi connectivity index (χ0n) is 21.4. The van der Waals surface area contributed by atoms with E-state index in [1.807, 2.05) is 49.4 Å². The summed E-state index contributed by atoms with van der Waals surface area (Å²) in [6.07, 6.45) is 0.559. The summed E-state index contributed by atoms with van der Waals surface area (Å²) in [5, 5.41) is 22.0. The van der Waals surface area contributed by atoms with Crippen LogP contribution >= 0.6 is 0 Å². The number of nitrogens with zero attached hydrogens (tertiary/aromatic N) is 1. The summed E-state index contributed by atoms with van der Waals surface area (Å²) >= 11 is 0. The number of aliphatic hydroxyl groups excluding tert-OH is 1. The van der Waals surface area contributed by atoms with Gasteiger partial charge in [0.25, 0.3) is 0 Å². The number of urea groups is 1. The van der Waals surface area contributed by atoms with Crippen molar-refractivity contribution < 1.29 is 28.9 Å². The first-order valence-corrected chi connectivity index (χ1v) is 12.1. The van der Waals surface area contributed by atoms with Crippen LogP contribution in [0.3, 0.4) is 0 Å². The molecule has 0 spiro atoms. The minimum atomic E-state index is -1.09. The Balaban J connectivity index is 1.45. The highest BCUT2D eigenvalue weighted by Gasteiger charge is 2.32. The molecule has 4 N–H and O–H groups in total. The van der Waals surface area contributed by atoms with Crippen molar-refractivity contribution in [2.24, 2.45) is 5.10 Å². The summed E-state index contributed by atoms with van der Waals surface area (Å²) < 4.78 is 16.4. The summed E-state index contributed by atoms with van der Waals surface area (Å²) in [6.45, 7) is 3.71. The van der Waals surface area contributed by atoms with Gasteiger partial charge in [0.1, 0.15) is 6.61 Å². The molecule has 0 radical (unpaired) electrons. The molecule has 0 aliphatic carbocycles. The molecule has 2 amide bonds. The summed E-state index contributed by atoms with van der Waals surface area (Å²) in [5.41, 5.74) is 4.87. The molecule has 0 saturated carbocycles. The van der Waals surface area contributed by atoms with Crippen molar-refractivity contribution in [2.45, 2.75) is 26.1 Å². The number of methoxy groups -OCH3 is 1. The van der Waals surface area contributed by atoms with E-state index in [0.717, 1.165) is 16.3 Å². The van der Waals surface area contributed by atoms with Crippen molar-refractivity contribution in [3.05, 3.63) is 83.1 Å². The number of nitrogens with one attached hydrogen (secondary N) is 3. The average molecular weight is 519 g/mol. The highest BCUT2D eigenvalue weighted by Crippen LogP contribution is 2.34. The molecule has 10 heteroatoms. The van der Waals surface area contributed by atoms with E-state index >= 15 is 0 Å². The summed E-state index contributed by atoms with van der Waals surface area (Å²) in [4.78, 5) is 24.5. The fourth-order valence-electron chi connectivity index (χ4n) is 4.18. The lowest BCUT2D eigenvalue weighted by Gasteiger charge is -2.28. The number of hydrazone groups is 1. The van der Waals surface area contributed by atoms with Crippen LogP contribution in [0.25, 0.3) is 10.8 Å². The van der Waals surface area contributed by atoms with E-state index in [1.165, 1.54) is 7.11 Å². The minimum Gasteiger partial charge on any atom is -0.490 e. The molecule has 198 valence electrons. The largest absolute Gasteiger partial charge is 0.490 e. The Morgan fingerprint density at radius 3 is 2.71 bits per heavy atom. The maximum atomic E-state index is 12.4. The molecule has 0 bridgehead atoms. The molecular weight excluding hydrogens is 488 g/mol. The number of carbonyl (C=O) groups excluding carboxylic acids is 2. The van der Waals surface area contributed by atoms with Gasteiger partial charge in [0, 0.05) is 11.3 Å². The van der Waals surface area contributed by atoms with Crippen molar-refractivity contribution in [2.75, 3.05) is 20.3 Å². The first-order valence-electron chi connectivity index (χ1n) is 12.1. The van der Waals surface area contributed by atoms with Crippen LogP contribution in [0.15, 0.2) is 77.0 Å². The number of esters is 1. The second kappa shape index (κ2) is 12.1. The van der Waals surface area contributed by atoms with Gasteiger partial charge in [-0.05, 0) is 42.3 Å². The molecular formula is C28H30N4O6. The number of amides is 2. The van der Waals surface area contributed by atoms with Gasteiger partial charge < -0.3 is 30.0 Å². The van der Waals surface area contributed by atoms with E-state index in [4.69, 9.17) is 14.2 Å². The molecule has 0 fully saturated rings. The summed E-state index contributed by atoms with van der Waals surface area (Å²) in [6, 6.07) is 17.8. The van der Waals surface area contributed by atoms with Crippen LogP contribution in [0.5, 0.6) is 11.5 Å². The Hall–Kier alpha value is -4.57. The van der Waals surface area contributed by atoms with Crippen molar-refractivity contribution in [3.8, 4) is 11.5 Å². The minimum absolute atomic E-state index is 0.108. The first kappa shape index (κ1) is 26.5. The molecule has 0 aromatic heterocycles. The maximum absolute atomic E-state index is 12.4. The second-order valence-corrected chi connectivity index (χ2v) is 8.48. The van der Waals surface area contributed by atoms with Crippen molar-refractivity contribution >= 4 is 29.0 Å². The monoisotopic (exact) mass is 518 g/mol. The van der Waals surface area contributed by atoms with Crippen LogP contribution in [0.4, 0.5) is 4.79 Å². The molecule has 3 aromatic carbocycles. The average Bonchev–Trinajstić information content (AvgIpc) is 2.92. The normalized spacial score (nSPS) is 16.1. The lowest BCUT2D eigenvalue weighted by molar-refractivity contribution is -0.136. The number of carbonyl (C=O) groups is 2. The number of benzene rings is 3. The fraction of sp³-hybridized carbons (Fsp3) is 0.250. The SMILES string of the molecule is CCOc1cc([C@H]2NC(=O)NC(C)=C2C(=O)OC)ccc1OC[C@H](O)N/N=C/c1cccc2ccccc12. The highest BCUT2D eigenvalue weighted by molar-refractivity contribution is 5.99. The molecule has 1 aliphatic rings. The quantitative estimate of drug-likeness (QED) is 0.140. The van der Waals surface area contributed by atoms with Crippen molar-refractivity contribution in [3.63, 3.8) is 0 Å². The molecule has 38 heavy (non-hydrogen) atoms. The lowest BCUT2D eigenvalue weighted by Crippen LogP contribution is -2.45. The standard InChI is InChI=1S/C28H30N4O6/c1-4-37-23-14-19(26-25(27(34)36-3)17(2)30-28(35)31-26)12-13-22(23)38-16-24(33)32-29-15-20-10-7-9-18-8-5-6-11-21(18)20/h5-15,24,26,32-33H,4,16H2,1-3H3,(H2,30,31,35)/b29-15+/t24-,26+/m0/s1. The number of ether oxygens (including phenoxy) is 3.